The highest BCUT2D eigenvalue weighted by Gasteiger charge is 2.43. The van der Waals surface area contributed by atoms with Crippen LogP contribution in [0, 0.1) is 11.2 Å². The van der Waals surface area contributed by atoms with E-state index in [1.807, 2.05) is 36.7 Å². The quantitative estimate of drug-likeness (QED) is 0.148. The topological polar surface area (TPSA) is 60.4 Å². The highest BCUT2D eigenvalue weighted by Crippen LogP contribution is 2.52. The number of hydrogen-bond donors (Lipinski definition) is 0. The van der Waals surface area contributed by atoms with E-state index in [-0.39, 0.29) is 61.5 Å². The number of fused-ring (bicyclic) bond motifs is 1. The molecule has 6 nitrogen and oxygen atoms in total. The Kier molecular flexibility index (Phi) is 12.1. The zero-order valence-electron chi connectivity index (χ0n) is 34.7. The second kappa shape index (κ2) is 17.1. The number of aromatic nitrogens is 3. The van der Waals surface area contributed by atoms with Crippen molar-refractivity contribution in [3.63, 3.8) is 0 Å². The summed E-state index contributed by atoms with van der Waals surface area (Å²) in [6.07, 6.45) is 7.93. The smallest absolute Gasteiger partial charge is 0.416 e. The van der Waals surface area contributed by atoms with Gasteiger partial charge in [0, 0.05) is 73.2 Å². The standard InChI is InChI=1S/C48H54F6N4O2/c1-46(2)25-40-43(41(26-46)60-29-30-9-13-37(59-3)14-10-30)42(32-15-19-47(50,51)20-16-32)38(23-34-11-12-36(24-39(34)49)48(52,53)54)44(57-40)33-17-21-58(22-18-33)45-55-27-35(28-56-45)31-7-5-4-6-8-31/h7,9-14,24,27-28,32-33,41H,4-6,8,15-23,25-26,29H2,1-3H3/t41-/m0/s1. The predicted molar refractivity (Wildman–Crippen MR) is 220 cm³/mol. The van der Waals surface area contributed by atoms with Crippen molar-refractivity contribution in [1.82, 2.24) is 15.0 Å². The first-order valence-electron chi connectivity index (χ1n) is 21.5. The van der Waals surface area contributed by atoms with E-state index in [0.717, 1.165) is 70.3 Å². The van der Waals surface area contributed by atoms with Gasteiger partial charge in [0.15, 0.2) is 0 Å². The van der Waals surface area contributed by atoms with E-state index in [9.17, 15) is 22.0 Å². The number of benzene rings is 2. The van der Waals surface area contributed by atoms with Crippen LogP contribution in [0.1, 0.15) is 153 Å². The van der Waals surface area contributed by atoms with Crippen molar-refractivity contribution < 1.29 is 35.8 Å². The van der Waals surface area contributed by atoms with Crippen LogP contribution in [0.3, 0.4) is 0 Å². The Hall–Kier alpha value is -4.45. The van der Waals surface area contributed by atoms with Gasteiger partial charge < -0.3 is 14.4 Å². The average Bonchev–Trinajstić information content (AvgIpc) is 3.23. The van der Waals surface area contributed by atoms with Crippen LogP contribution in [-0.4, -0.2) is 41.1 Å². The minimum Gasteiger partial charge on any atom is -0.497 e. The van der Waals surface area contributed by atoms with Crippen molar-refractivity contribution >= 4 is 11.5 Å². The van der Waals surface area contributed by atoms with Gasteiger partial charge in [0.1, 0.15) is 11.6 Å². The zero-order valence-corrected chi connectivity index (χ0v) is 34.7. The van der Waals surface area contributed by atoms with Crippen molar-refractivity contribution in [1.29, 1.82) is 0 Å². The highest BCUT2D eigenvalue weighted by atomic mass is 19.4. The fourth-order valence-electron chi connectivity index (χ4n) is 9.89. The maximum Gasteiger partial charge on any atom is 0.416 e. The lowest BCUT2D eigenvalue weighted by Gasteiger charge is -2.42. The average molecular weight is 833 g/mol. The number of pyridine rings is 1. The van der Waals surface area contributed by atoms with Gasteiger partial charge in [-0.05, 0) is 128 Å². The molecule has 60 heavy (non-hydrogen) atoms. The molecule has 1 aliphatic heterocycles. The van der Waals surface area contributed by atoms with Crippen LogP contribution in [0.4, 0.5) is 32.3 Å². The van der Waals surface area contributed by atoms with Gasteiger partial charge in [0.05, 0.1) is 25.4 Å². The van der Waals surface area contributed by atoms with Crippen LogP contribution < -0.4 is 9.64 Å². The molecule has 4 aromatic rings. The molecule has 4 aliphatic rings. The molecule has 0 unspecified atom stereocenters. The van der Waals surface area contributed by atoms with Gasteiger partial charge in [0.25, 0.3) is 0 Å². The Morgan fingerprint density at radius 2 is 1.60 bits per heavy atom. The van der Waals surface area contributed by atoms with Crippen LogP contribution in [-0.2, 0) is 30.4 Å². The van der Waals surface area contributed by atoms with E-state index < -0.39 is 29.6 Å². The maximum atomic E-state index is 15.9. The molecular formula is C48H54F6N4O2. The number of hydrogen-bond acceptors (Lipinski definition) is 6. The van der Waals surface area contributed by atoms with Crippen LogP contribution in [0.2, 0.25) is 0 Å². The lowest BCUT2D eigenvalue weighted by molar-refractivity contribution is -0.137. The Morgan fingerprint density at radius 1 is 0.883 bits per heavy atom. The largest absolute Gasteiger partial charge is 0.497 e. The second-order valence-corrected chi connectivity index (χ2v) is 18.1. The van der Waals surface area contributed by atoms with Crippen molar-refractivity contribution in [3.8, 4) is 5.75 Å². The van der Waals surface area contributed by atoms with Crippen LogP contribution in [0.15, 0.2) is 60.9 Å². The number of rotatable bonds is 10. The molecule has 2 fully saturated rings. The molecule has 8 rings (SSSR count). The van der Waals surface area contributed by atoms with E-state index in [2.05, 4.69) is 24.8 Å². The van der Waals surface area contributed by atoms with Gasteiger partial charge in [0.2, 0.25) is 11.9 Å². The summed E-state index contributed by atoms with van der Waals surface area (Å²) >= 11 is 0. The maximum absolute atomic E-state index is 15.9. The van der Waals surface area contributed by atoms with Gasteiger partial charge in [-0.15, -0.1) is 0 Å². The number of piperidine rings is 1. The summed E-state index contributed by atoms with van der Waals surface area (Å²) in [4.78, 5) is 17.2. The third-order valence-electron chi connectivity index (χ3n) is 13.1. The minimum absolute atomic E-state index is 0.0168. The third kappa shape index (κ3) is 9.38. The van der Waals surface area contributed by atoms with E-state index in [4.69, 9.17) is 24.4 Å². The zero-order chi connectivity index (χ0) is 42.2. The minimum atomic E-state index is -4.71. The Bertz CT molecular complexity index is 2170. The normalized spacial score (nSPS) is 21.1. The molecule has 320 valence electrons. The molecule has 1 saturated carbocycles. The van der Waals surface area contributed by atoms with Crippen molar-refractivity contribution in [2.45, 2.75) is 134 Å². The van der Waals surface area contributed by atoms with E-state index in [0.29, 0.717) is 50.8 Å². The number of nitrogens with zero attached hydrogens (tertiary/aromatic N) is 4. The molecular weight excluding hydrogens is 779 g/mol. The molecule has 0 radical (unpaired) electrons. The molecule has 12 heteroatoms. The molecule has 0 bridgehead atoms. The Labute approximate surface area is 348 Å². The van der Waals surface area contributed by atoms with Crippen LogP contribution in [0.25, 0.3) is 5.57 Å². The molecule has 3 heterocycles. The summed E-state index contributed by atoms with van der Waals surface area (Å²) < 4.78 is 98.9. The van der Waals surface area contributed by atoms with Crippen molar-refractivity contribution in [2.24, 2.45) is 5.41 Å². The van der Waals surface area contributed by atoms with Gasteiger partial charge in [-0.3, -0.25) is 4.98 Å². The van der Waals surface area contributed by atoms with Gasteiger partial charge in [-0.1, -0.05) is 38.1 Å². The number of anilines is 1. The lowest BCUT2D eigenvalue weighted by Crippen LogP contribution is -2.36. The molecule has 2 aromatic heterocycles. The van der Waals surface area contributed by atoms with Crippen LogP contribution in [0.5, 0.6) is 5.75 Å². The fraction of sp³-hybridized carbons (Fsp3) is 0.521. The monoisotopic (exact) mass is 832 g/mol. The first kappa shape index (κ1) is 42.2. The number of allylic oxidation sites excluding steroid dienone is 2. The SMILES string of the molecule is COc1ccc(CO[C@H]2CC(C)(C)Cc3nc(C4CCN(c5ncc(C6=CCCCC6)cn5)CC4)c(Cc4ccc(C(F)(F)F)cc4F)c(C4CCC(F)(F)CC4)c32)cc1. The molecule has 1 saturated heterocycles. The Balaban J connectivity index is 1.19. The van der Waals surface area contributed by atoms with E-state index >= 15 is 4.39 Å². The summed E-state index contributed by atoms with van der Waals surface area (Å²) in [5.41, 5.74) is 6.25. The molecule has 0 amide bonds. The van der Waals surface area contributed by atoms with E-state index in [1.165, 1.54) is 18.1 Å². The first-order valence-corrected chi connectivity index (χ1v) is 21.5. The summed E-state index contributed by atoms with van der Waals surface area (Å²) in [6, 6.07) is 10.3. The number of halogens is 6. The summed E-state index contributed by atoms with van der Waals surface area (Å²) in [5, 5.41) is 0. The predicted octanol–water partition coefficient (Wildman–Crippen LogP) is 12.5. The Morgan fingerprint density at radius 3 is 2.23 bits per heavy atom. The molecule has 0 spiro atoms. The summed E-state index contributed by atoms with van der Waals surface area (Å²) in [5.74, 6) is -2.73. The van der Waals surface area contributed by atoms with Crippen molar-refractivity contribution in [3.05, 3.63) is 117 Å². The lowest BCUT2D eigenvalue weighted by atomic mass is 9.68. The van der Waals surface area contributed by atoms with E-state index in [1.54, 1.807) is 7.11 Å². The second-order valence-electron chi connectivity index (χ2n) is 18.1. The molecule has 2 aromatic carbocycles. The van der Waals surface area contributed by atoms with Gasteiger partial charge in [-0.2, -0.15) is 13.2 Å². The molecule has 1 atom stereocenters. The summed E-state index contributed by atoms with van der Waals surface area (Å²) in [6.45, 7) is 5.94. The van der Waals surface area contributed by atoms with Crippen LogP contribution >= 0.6 is 0 Å². The third-order valence-corrected chi connectivity index (χ3v) is 13.1. The first-order chi connectivity index (χ1) is 28.7. The van der Waals surface area contributed by atoms with Gasteiger partial charge >= 0.3 is 6.18 Å². The molecule has 3 aliphatic carbocycles. The highest BCUT2D eigenvalue weighted by molar-refractivity contribution is 5.65. The fourth-order valence-corrected chi connectivity index (χ4v) is 9.89. The number of alkyl halides is 5. The molecule has 0 N–H and O–H groups in total. The van der Waals surface area contributed by atoms with Crippen molar-refractivity contribution in [2.75, 3.05) is 25.1 Å². The summed E-state index contributed by atoms with van der Waals surface area (Å²) in [7, 11) is 1.61. The van der Waals surface area contributed by atoms with Gasteiger partial charge in [-0.25, -0.2) is 23.1 Å². The number of ether oxygens (including phenoxy) is 2. The number of methoxy groups -OCH3 is 1.